The molecule has 6 nitrogen and oxygen atoms in total. The summed E-state index contributed by atoms with van der Waals surface area (Å²) in [5.74, 6) is -2.31. The van der Waals surface area contributed by atoms with Crippen LogP contribution in [-0.4, -0.2) is 22.9 Å². The van der Waals surface area contributed by atoms with Gasteiger partial charge in [-0.05, 0) is 21.7 Å². The molecular weight excluding hydrogens is 183 g/mol. The predicted octanol–water partition coefficient (Wildman–Crippen LogP) is -2.16. The van der Waals surface area contributed by atoms with Crippen LogP contribution in [0.5, 0.6) is 0 Å². The van der Waals surface area contributed by atoms with Gasteiger partial charge in [-0.15, -0.1) is 0 Å². The molecule has 0 spiro atoms. The van der Waals surface area contributed by atoms with Gasteiger partial charge in [-0.25, -0.2) is 0 Å². The van der Waals surface area contributed by atoms with Crippen molar-refractivity contribution < 1.29 is 19.7 Å². The lowest BCUT2D eigenvalue weighted by molar-refractivity contribution is -0.315. The average Bonchev–Trinajstić information content (AvgIpc) is 1.85. The van der Waals surface area contributed by atoms with Crippen LogP contribution in [0.25, 0.3) is 0 Å². The summed E-state index contributed by atoms with van der Waals surface area (Å²) >= 11 is 0. The summed E-state index contributed by atoms with van der Waals surface area (Å²) < 4.78 is 0. The van der Waals surface area contributed by atoms with Gasteiger partial charge in [-0.3, -0.25) is 10.5 Å². The lowest BCUT2D eigenvalue weighted by Crippen LogP contribution is -2.49. The van der Waals surface area contributed by atoms with E-state index in [-0.39, 0.29) is 0 Å². The summed E-state index contributed by atoms with van der Waals surface area (Å²) in [6, 6.07) is -1.14. The van der Waals surface area contributed by atoms with Crippen molar-refractivity contribution in [3.63, 3.8) is 0 Å². The molecule has 0 bridgehead atoms. The van der Waals surface area contributed by atoms with Crippen molar-refractivity contribution >= 4 is 13.8 Å². The van der Waals surface area contributed by atoms with Crippen molar-refractivity contribution in [1.82, 2.24) is 5.09 Å². The van der Waals surface area contributed by atoms with Crippen molar-refractivity contribution in [2.45, 2.75) is 25.7 Å². The van der Waals surface area contributed by atoms with E-state index >= 15 is 0 Å². The van der Waals surface area contributed by atoms with E-state index in [0.717, 1.165) is 0 Å². The van der Waals surface area contributed by atoms with Gasteiger partial charge in [0.25, 0.3) is 0 Å². The van der Waals surface area contributed by atoms with Gasteiger partial charge in [0.05, 0.1) is 0 Å². The van der Waals surface area contributed by atoms with Gasteiger partial charge < -0.3 is 14.9 Å². The number of carboxylic acid groups (broad SMARTS) is 1. The number of carbonyl (C=O) groups is 1. The highest BCUT2D eigenvalue weighted by Gasteiger charge is 2.24. The quantitative estimate of drug-likeness (QED) is 0.439. The number of carboxylic acids is 1. The maximum Gasteiger partial charge on any atom is 0.323 e. The summed E-state index contributed by atoms with van der Waals surface area (Å²) in [7, 11) is -3.98. The van der Waals surface area contributed by atoms with E-state index in [4.69, 9.17) is 10.8 Å². The highest BCUT2D eigenvalue weighted by atomic mass is 31.2. The molecule has 4 N–H and O–H groups in total. The summed E-state index contributed by atoms with van der Waals surface area (Å²) in [6.07, 6.45) is 0. The largest absolute Gasteiger partial charge is 0.668 e. The fourth-order valence-electron chi connectivity index (χ4n) is 0.443. The molecule has 0 aliphatic heterocycles. The highest BCUT2D eigenvalue weighted by Crippen LogP contribution is 2.38. The fraction of sp³-hybridized carbons (Fsp3) is 0.800. The SMILES string of the molecule is CC(N)[P+]([O-])([O-])N[C@H](C)C(=O)O. The molecule has 2 atom stereocenters. The lowest BCUT2D eigenvalue weighted by Gasteiger charge is -2.40. The Hall–Kier alpha value is -0.260. The van der Waals surface area contributed by atoms with Crippen LogP contribution in [0.15, 0.2) is 0 Å². The van der Waals surface area contributed by atoms with Crippen molar-refractivity contribution in [1.29, 1.82) is 0 Å². The molecular formula is C5H12N2O4P-. The zero-order valence-electron chi connectivity index (χ0n) is 6.85. The second-order valence-corrected chi connectivity index (χ2v) is 4.79. The zero-order valence-corrected chi connectivity index (χ0v) is 7.75. The third-order valence-electron chi connectivity index (χ3n) is 1.28. The van der Waals surface area contributed by atoms with Gasteiger partial charge >= 0.3 is 5.97 Å². The van der Waals surface area contributed by atoms with Crippen LogP contribution in [0.1, 0.15) is 13.8 Å². The van der Waals surface area contributed by atoms with Gasteiger partial charge in [0.15, 0.2) is 0 Å². The molecule has 0 aromatic heterocycles. The number of nitrogens with one attached hydrogen (secondary N) is 1. The van der Waals surface area contributed by atoms with Gasteiger partial charge in [0.2, 0.25) is 0 Å². The van der Waals surface area contributed by atoms with E-state index in [0.29, 0.717) is 0 Å². The van der Waals surface area contributed by atoms with E-state index in [9.17, 15) is 14.6 Å². The second-order valence-electron chi connectivity index (χ2n) is 2.53. The van der Waals surface area contributed by atoms with E-state index in [1.165, 1.54) is 13.8 Å². The van der Waals surface area contributed by atoms with E-state index < -0.39 is 25.7 Å². The van der Waals surface area contributed by atoms with Crippen LogP contribution in [0.3, 0.4) is 0 Å². The standard InChI is InChI=1S/C5H13N2O4P/c1-3(5(8)9)7-12(10,11)4(2)6/h3-4H,6H2,1-2H3,(H,8,9)(H2,7,10,11)/p-1/t3-,4?/m1/s1. The molecule has 0 saturated carbocycles. The van der Waals surface area contributed by atoms with Crippen LogP contribution >= 0.6 is 7.87 Å². The summed E-state index contributed by atoms with van der Waals surface area (Å²) in [5.41, 5.74) is 5.09. The highest BCUT2D eigenvalue weighted by molar-refractivity contribution is 7.60. The summed E-state index contributed by atoms with van der Waals surface area (Å²) in [5, 5.41) is 10.3. The van der Waals surface area contributed by atoms with Crippen molar-refractivity contribution in [3.8, 4) is 0 Å². The van der Waals surface area contributed by atoms with E-state index in [1.807, 2.05) is 5.09 Å². The monoisotopic (exact) mass is 195 g/mol. The van der Waals surface area contributed by atoms with Crippen molar-refractivity contribution in [2.75, 3.05) is 0 Å². The summed E-state index contributed by atoms with van der Waals surface area (Å²) in [6.45, 7) is 2.50. The minimum absolute atomic E-state index is 1.08. The molecule has 7 heteroatoms. The van der Waals surface area contributed by atoms with Crippen LogP contribution in [0, 0.1) is 0 Å². The van der Waals surface area contributed by atoms with Crippen LogP contribution in [-0.2, 0) is 4.79 Å². The Morgan fingerprint density at radius 2 is 2.00 bits per heavy atom. The van der Waals surface area contributed by atoms with Crippen LogP contribution in [0.2, 0.25) is 0 Å². The van der Waals surface area contributed by atoms with E-state index in [2.05, 4.69) is 0 Å². The number of hydrogen-bond acceptors (Lipinski definition) is 5. The molecule has 0 aliphatic carbocycles. The van der Waals surface area contributed by atoms with Gasteiger partial charge in [-0.1, -0.05) is 0 Å². The minimum Gasteiger partial charge on any atom is -0.668 e. The first-order valence-electron chi connectivity index (χ1n) is 3.34. The molecule has 0 rings (SSSR count). The van der Waals surface area contributed by atoms with Gasteiger partial charge in [0, 0.05) is 0 Å². The molecule has 0 fully saturated rings. The van der Waals surface area contributed by atoms with Crippen molar-refractivity contribution in [3.05, 3.63) is 0 Å². The maximum atomic E-state index is 11.0. The third kappa shape index (κ3) is 3.42. The molecule has 0 aromatic carbocycles. The number of aliphatic carboxylic acids is 1. The van der Waals surface area contributed by atoms with E-state index in [1.54, 1.807) is 0 Å². The molecule has 0 saturated heterocycles. The van der Waals surface area contributed by atoms with Crippen molar-refractivity contribution in [2.24, 2.45) is 5.73 Å². The third-order valence-corrected chi connectivity index (χ3v) is 3.10. The second kappa shape index (κ2) is 4.11. The molecule has 72 valence electrons. The average molecular weight is 195 g/mol. The van der Waals surface area contributed by atoms with Gasteiger partial charge in [0.1, 0.15) is 11.8 Å². The Bertz CT molecular complexity index is 173. The molecule has 0 aromatic rings. The molecule has 0 radical (unpaired) electrons. The first-order valence-corrected chi connectivity index (χ1v) is 5.03. The lowest BCUT2D eigenvalue weighted by atomic mass is 10.4. The smallest absolute Gasteiger partial charge is 0.323 e. The molecule has 12 heavy (non-hydrogen) atoms. The molecule has 0 amide bonds. The topological polar surface area (TPSA) is 121 Å². The predicted molar refractivity (Wildman–Crippen MR) is 40.8 cm³/mol. The number of nitrogens with two attached hydrogens (primary N) is 1. The zero-order chi connectivity index (χ0) is 9.94. The Balaban J connectivity index is 4.15. The number of rotatable bonds is 4. The Morgan fingerprint density at radius 1 is 1.58 bits per heavy atom. The van der Waals surface area contributed by atoms with Crippen LogP contribution < -0.4 is 20.6 Å². The molecule has 0 heterocycles. The fourth-order valence-corrected chi connectivity index (χ4v) is 1.33. The Kier molecular flexibility index (Phi) is 4.02. The molecule has 0 aliphatic rings. The first kappa shape index (κ1) is 11.7. The Labute approximate surface area is 70.9 Å². The maximum absolute atomic E-state index is 11.0. The number of hydrogen-bond donors (Lipinski definition) is 3. The molecule has 1 unspecified atom stereocenters. The van der Waals surface area contributed by atoms with Crippen LogP contribution in [0.4, 0.5) is 0 Å². The first-order chi connectivity index (χ1) is 5.27. The summed E-state index contributed by atoms with van der Waals surface area (Å²) in [4.78, 5) is 32.2. The Morgan fingerprint density at radius 3 is 2.25 bits per heavy atom. The normalized spacial score (nSPS) is 17.1. The minimum atomic E-state index is -3.98. The van der Waals surface area contributed by atoms with Gasteiger partial charge in [-0.2, -0.15) is 5.09 Å².